The normalized spacial score (nSPS) is 35.6. The molecule has 0 aromatic rings. The van der Waals surface area contributed by atoms with Crippen LogP contribution in [0.15, 0.2) is 5.16 Å². The van der Waals surface area contributed by atoms with Crippen molar-refractivity contribution in [3.05, 3.63) is 0 Å². The second kappa shape index (κ2) is 5.20. The van der Waals surface area contributed by atoms with E-state index in [0.717, 1.165) is 39.0 Å². The smallest absolute Gasteiger partial charge is 0.153 e. The minimum Gasteiger partial charge on any atom is -0.409 e. The summed E-state index contributed by atoms with van der Waals surface area (Å²) in [6.45, 7) is 3.02. The Balaban J connectivity index is 1.91. The predicted octanol–water partition coefficient (Wildman–Crippen LogP) is 0.00270. The molecule has 0 saturated carbocycles. The van der Waals surface area contributed by atoms with Gasteiger partial charge >= 0.3 is 0 Å². The highest BCUT2D eigenvalue weighted by molar-refractivity contribution is 5.81. The second-order valence-electron chi connectivity index (χ2n) is 4.93. The van der Waals surface area contributed by atoms with Crippen LogP contribution in [-0.2, 0) is 9.47 Å². The molecule has 0 bridgehead atoms. The Morgan fingerprint density at radius 2 is 2.53 bits per heavy atom. The van der Waals surface area contributed by atoms with Crippen LogP contribution < -0.4 is 5.73 Å². The van der Waals surface area contributed by atoms with Gasteiger partial charge < -0.3 is 20.4 Å². The van der Waals surface area contributed by atoms with Crippen LogP contribution >= 0.6 is 0 Å². The molecule has 2 heterocycles. The summed E-state index contributed by atoms with van der Waals surface area (Å²) in [5.41, 5.74) is 5.43. The van der Waals surface area contributed by atoms with Crippen LogP contribution in [0.4, 0.5) is 0 Å². The molecule has 2 aliphatic heterocycles. The van der Waals surface area contributed by atoms with Gasteiger partial charge in [-0.05, 0) is 12.8 Å². The highest BCUT2D eigenvalue weighted by atomic mass is 16.5. The quantitative estimate of drug-likeness (QED) is 0.316. The number of oxime groups is 1. The maximum Gasteiger partial charge on any atom is 0.153 e. The van der Waals surface area contributed by atoms with Crippen molar-refractivity contribution in [3.8, 4) is 0 Å². The lowest BCUT2D eigenvalue weighted by atomic mass is 9.91. The van der Waals surface area contributed by atoms with Gasteiger partial charge in [0.2, 0.25) is 0 Å². The van der Waals surface area contributed by atoms with Gasteiger partial charge in [0.1, 0.15) is 0 Å². The average molecular weight is 243 g/mol. The zero-order chi connectivity index (χ0) is 12.3. The van der Waals surface area contributed by atoms with Gasteiger partial charge in [-0.2, -0.15) is 0 Å². The summed E-state index contributed by atoms with van der Waals surface area (Å²) < 4.78 is 11.4. The summed E-state index contributed by atoms with van der Waals surface area (Å²) in [5.74, 6) is 0.251. The number of nitrogens with zero attached hydrogens (tertiary/aromatic N) is 2. The van der Waals surface area contributed by atoms with E-state index in [9.17, 15) is 0 Å². The van der Waals surface area contributed by atoms with Crippen molar-refractivity contribution in [1.82, 2.24) is 4.90 Å². The summed E-state index contributed by atoms with van der Waals surface area (Å²) in [6, 6.07) is 0. The molecule has 2 aliphatic rings. The molecule has 2 rings (SSSR count). The fourth-order valence-corrected chi connectivity index (χ4v) is 2.79. The summed E-state index contributed by atoms with van der Waals surface area (Å²) in [7, 11) is 1.76. The lowest BCUT2D eigenvalue weighted by molar-refractivity contribution is -0.119. The molecule has 3 N–H and O–H groups in total. The molecule has 6 heteroatoms. The molecular weight excluding hydrogens is 222 g/mol. The molecule has 0 aromatic carbocycles. The molecule has 1 spiro atoms. The number of ether oxygens (including phenoxy) is 2. The van der Waals surface area contributed by atoms with Crippen molar-refractivity contribution in [2.24, 2.45) is 10.9 Å². The van der Waals surface area contributed by atoms with E-state index in [4.69, 9.17) is 20.4 Å². The summed E-state index contributed by atoms with van der Waals surface area (Å²) in [6.07, 6.45) is 3.20. The molecule has 0 aromatic heterocycles. The lowest BCUT2D eigenvalue weighted by Crippen LogP contribution is -2.45. The van der Waals surface area contributed by atoms with Crippen molar-refractivity contribution in [2.75, 3.05) is 33.4 Å². The van der Waals surface area contributed by atoms with Crippen LogP contribution in [0.2, 0.25) is 0 Å². The van der Waals surface area contributed by atoms with E-state index in [-0.39, 0.29) is 11.4 Å². The first-order valence-corrected chi connectivity index (χ1v) is 6.03. The van der Waals surface area contributed by atoms with Crippen LogP contribution in [0.1, 0.15) is 19.3 Å². The molecular formula is C11H21N3O3. The third-order valence-electron chi connectivity index (χ3n) is 3.69. The van der Waals surface area contributed by atoms with E-state index >= 15 is 0 Å². The Hall–Kier alpha value is -0.850. The molecule has 0 aliphatic carbocycles. The Morgan fingerprint density at radius 3 is 3.24 bits per heavy atom. The third kappa shape index (κ3) is 2.88. The maximum absolute atomic E-state index is 8.56. The largest absolute Gasteiger partial charge is 0.409 e. The molecule has 6 nitrogen and oxygen atoms in total. The van der Waals surface area contributed by atoms with Crippen LogP contribution in [0, 0.1) is 0 Å². The minimum atomic E-state index is -0.0886. The highest BCUT2D eigenvalue weighted by Crippen LogP contribution is 2.34. The van der Waals surface area contributed by atoms with E-state index < -0.39 is 0 Å². The van der Waals surface area contributed by atoms with Crippen LogP contribution in [-0.4, -0.2) is 61.0 Å². The number of rotatable bonds is 3. The van der Waals surface area contributed by atoms with Crippen molar-refractivity contribution in [2.45, 2.75) is 31.0 Å². The van der Waals surface area contributed by atoms with Gasteiger partial charge in [-0.25, -0.2) is 0 Å². The number of hydrogen-bond acceptors (Lipinski definition) is 5. The van der Waals surface area contributed by atoms with Crippen molar-refractivity contribution < 1.29 is 14.7 Å². The summed E-state index contributed by atoms with van der Waals surface area (Å²) >= 11 is 0. The Kier molecular flexibility index (Phi) is 3.86. The van der Waals surface area contributed by atoms with E-state index in [1.165, 1.54) is 0 Å². The van der Waals surface area contributed by atoms with E-state index in [2.05, 4.69) is 10.1 Å². The number of methoxy groups -OCH3 is 1. The van der Waals surface area contributed by atoms with Crippen molar-refractivity contribution >= 4 is 5.84 Å². The standard InChI is InChI=1S/C11H21N3O3/c1-16-9-2-5-17-11(6-9)3-4-14(8-11)7-10(12)13-15/h9,15H,2-8H2,1H3,(H2,12,13)/t9-,11-/m1/s1. The number of nitrogens with two attached hydrogens (primary N) is 1. The molecule has 2 saturated heterocycles. The topological polar surface area (TPSA) is 80.3 Å². The van der Waals surface area contributed by atoms with Gasteiger partial charge in [0, 0.05) is 33.2 Å². The molecule has 17 heavy (non-hydrogen) atoms. The van der Waals surface area contributed by atoms with Crippen LogP contribution in [0.3, 0.4) is 0 Å². The van der Waals surface area contributed by atoms with Crippen molar-refractivity contribution in [3.63, 3.8) is 0 Å². The van der Waals surface area contributed by atoms with Gasteiger partial charge in [-0.3, -0.25) is 4.90 Å². The molecule has 0 amide bonds. The van der Waals surface area contributed by atoms with Gasteiger partial charge in [0.05, 0.1) is 18.2 Å². The molecule has 2 fully saturated rings. The van der Waals surface area contributed by atoms with Gasteiger partial charge in [-0.15, -0.1) is 0 Å². The average Bonchev–Trinajstić information content (AvgIpc) is 2.71. The Morgan fingerprint density at radius 1 is 1.71 bits per heavy atom. The number of likely N-dealkylation sites (tertiary alicyclic amines) is 1. The van der Waals surface area contributed by atoms with Crippen LogP contribution in [0.25, 0.3) is 0 Å². The zero-order valence-electron chi connectivity index (χ0n) is 10.3. The highest BCUT2D eigenvalue weighted by Gasteiger charge is 2.43. The van der Waals surface area contributed by atoms with Gasteiger partial charge in [0.25, 0.3) is 0 Å². The monoisotopic (exact) mass is 243 g/mol. The molecule has 0 radical (unpaired) electrons. The summed E-state index contributed by atoms with van der Waals surface area (Å²) in [4.78, 5) is 2.16. The molecule has 98 valence electrons. The SMILES string of the molecule is CO[C@@H]1CCO[C@]2(CCN(CC(N)=NO)C2)C1. The lowest BCUT2D eigenvalue weighted by Gasteiger charge is -2.37. The first-order valence-electron chi connectivity index (χ1n) is 6.03. The molecule has 0 unspecified atom stereocenters. The van der Waals surface area contributed by atoms with E-state index in [1.54, 1.807) is 7.11 Å². The fourth-order valence-electron chi connectivity index (χ4n) is 2.79. The van der Waals surface area contributed by atoms with Crippen molar-refractivity contribution in [1.29, 1.82) is 0 Å². The van der Waals surface area contributed by atoms with Crippen LogP contribution in [0.5, 0.6) is 0 Å². The fraction of sp³-hybridized carbons (Fsp3) is 0.909. The first-order chi connectivity index (χ1) is 8.17. The first kappa shape index (κ1) is 12.6. The minimum absolute atomic E-state index is 0.0886. The number of hydrogen-bond donors (Lipinski definition) is 2. The zero-order valence-corrected chi connectivity index (χ0v) is 10.3. The Bertz CT molecular complexity index is 298. The van der Waals surface area contributed by atoms with Gasteiger partial charge in [0.15, 0.2) is 5.84 Å². The third-order valence-corrected chi connectivity index (χ3v) is 3.69. The van der Waals surface area contributed by atoms with E-state index in [1.807, 2.05) is 0 Å². The van der Waals surface area contributed by atoms with E-state index in [0.29, 0.717) is 12.6 Å². The summed E-state index contributed by atoms with van der Waals surface area (Å²) in [5, 5.41) is 11.6. The Labute approximate surface area is 101 Å². The molecule has 2 atom stereocenters. The number of amidine groups is 1. The second-order valence-corrected chi connectivity index (χ2v) is 4.93. The maximum atomic E-state index is 8.56. The van der Waals surface area contributed by atoms with Gasteiger partial charge in [-0.1, -0.05) is 5.16 Å². The predicted molar refractivity (Wildman–Crippen MR) is 63.2 cm³/mol.